The summed E-state index contributed by atoms with van der Waals surface area (Å²) in [7, 11) is 0. The van der Waals surface area contributed by atoms with E-state index in [0.29, 0.717) is 17.5 Å². The molecular formula is C51H32N4O. The van der Waals surface area contributed by atoms with Gasteiger partial charge < -0.3 is 8.98 Å². The summed E-state index contributed by atoms with van der Waals surface area (Å²) in [6, 6.07) is 67.3. The summed E-state index contributed by atoms with van der Waals surface area (Å²) in [5.41, 5.74) is 12.0. The molecule has 3 heterocycles. The first kappa shape index (κ1) is 31.9. The normalized spacial score (nSPS) is 11.6. The van der Waals surface area contributed by atoms with Crippen LogP contribution in [0.15, 0.2) is 199 Å². The number of furan rings is 1. The molecule has 0 aliphatic rings. The molecule has 5 heteroatoms. The molecular weight excluding hydrogens is 685 g/mol. The summed E-state index contributed by atoms with van der Waals surface area (Å²) in [4.78, 5) is 15.3. The number of hydrogen-bond donors (Lipinski definition) is 0. The molecule has 262 valence electrons. The summed E-state index contributed by atoms with van der Waals surface area (Å²) >= 11 is 0. The molecule has 0 fully saturated rings. The highest BCUT2D eigenvalue weighted by Crippen LogP contribution is 2.45. The zero-order valence-corrected chi connectivity index (χ0v) is 30.2. The van der Waals surface area contributed by atoms with E-state index in [4.69, 9.17) is 19.4 Å². The smallest absolute Gasteiger partial charge is 0.164 e. The van der Waals surface area contributed by atoms with Crippen LogP contribution < -0.4 is 0 Å². The van der Waals surface area contributed by atoms with Crippen molar-refractivity contribution in [3.63, 3.8) is 0 Å². The Balaban J connectivity index is 1.23. The summed E-state index contributed by atoms with van der Waals surface area (Å²) in [5, 5.41) is 4.43. The van der Waals surface area contributed by atoms with Crippen molar-refractivity contribution in [2.45, 2.75) is 0 Å². The lowest BCUT2D eigenvalue weighted by Crippen LogP contribution is -2.01. The van der Waals surface area contributed by atoms with Crippen LogP contribution in [0, 0.1) is 0 Å². The van der Waals surface area contributed by atoms with Gasteiger partial charge in [0.25, 0.3) is 0 Å². The number of nitrogens with zero attached hydrogens (tertiary/aromatic N) is 4. The van der Waals surface area contributed by atoms with Gasteiger partial charge in [0.2, 0.25) is 0 Å². The molecule has 0 N–H and O–H groups in total. The van der Waals surface area contributed by atoms with Crippen LogP contribution in [0.1, 0.15) is 0 Å². The maximum atomic E-state index is 6.90. The minimum atomic E-state index is 0.593. The summed E-state index contributed by atoms with van der Waals surface area (Å²) < 4.78 is 9.25. The lowest BCUT2D eigenvalue weighted by Gasteiger charge is -2.13. The van der Waals surface area contributed by atoms with Crippen LogP contribution >= 0.6 is 0 Å². The third-order valence-corrected chi connectivity index (χ3v) is 10.6. The molecule has 0 aliphatic carbocycles. The average molecular weight is 717 g/mol. The molecule has 0 aliphatic heterocycles. The maximum absolute atomic E-state index is 6.90. The SMILES string of the molecule is c1ccc(-c2ccc3c(c2)oc2c(-c4cc(-c5nc(-c6ccccc6)nc(-c6ccccc6)n5)cc5c4c4ccccc4n5-c4ccccc4)cccc23)cc1. The number of hydrogen-bond acceptors (Lipinski definition) is 4. The van der Waals surface area contributed by atoms with Crippen molar-refractivity contribution in [2.75, 3.05) is 0 Å². The van der Waals surface area contributed by atoms with E-state index >= 15 is 0 Å². The molecule has 0 unspecified atom stereocenters. The summed E-state index contributed by atoms with van der Waals surface area (Å²) in [5.74, 6) is 1.83. The maximum Gasteiger partial charge on any atom is 0.164 e. The summed E-state index contributed by atoms with van der Waals surface area (Å²) in [6.07, 6.45) is 0. The van der Waals surface area contributed by atoms with E-state index in [9.17, 15) is 0 Å². The van der Waals surface area contributed by atoms with E-state index in [1.165, 1.54) is 0 Å². The fraction of sp³-hybridized carbons (Fsp3) is 0. The Labute approximate surface area is 322 Å². The lowest BCUT2D eigenvalue weighted by molar-refractivity contribution is 0.670. The van der Waals surface area contributed by atoms with E-state index in [1.54, 1.807) is 0 Å². The number of fused-ring (bicyclic) bond motifs is 6. The summed E-state index contributed by atoms with van der Waals surface area (Å²) in [6.45, 7) is 0. The van der Waals surface area contributed by atoms with Gasteiger partial charge in [-0.25, -0.2) is 15.0 Å². The molecule has 0 amide bonds. The molecule has 0 saturated heterocycles. The Morgan fingerprint density at radius 1 is 0.357 bits per heavy atom. The van der Waals surface area contributed by atoms with E-state index in [0.717, 1.165) is 88.4 Å². The average Bonchev–Trinajstić information content (AvgIpc) is 3.83. The Morgan fingerprint density at radius 2 is 0.929 bits per heavy atom. The topological polar surface area (TPSA) is 56.7 Å². The first-order valence-electron chi connectivity index (χ1n) is 18.8. The second-order valence-electron chi connectivity index (χ2n) is 14.0. The number of aromatic nitrogens is 4. The number of para-hydroxylation sites is 3. The monoisotopic (exact) mass is 716 g/mol. The Hall–Kier alpha value is -7.63. The van der Waals surface area contributed by atoms with Gasteiger partial charge >= 0.3 is 0 Å². The molecule has 8 aromatic carbocycles. The molecule has 11 aromatic rings. The molecule has 0 atom stereocenters. The van der Waals surface area contributed by atoms with Gasteiger partial charge in [0.1, 0.15) is 11.2 Å². The first-order chi connectivity index (χ1) is 27.8. The lowest BCUT2D eigenvalue weighted by atomic mass is 9.95. The van der Waals surface area contributed by atoms with Crippen molar-refractivity contribution < 1.29 is 4.42 Å². The van der Waals surface area contributed by atoms with E-state index in [2.05, 4.69) is 132 Å². The van der Waals surface area contributed by atoms with Gasteiger partial charge in [-0.2, -0.15) is 0 Å². The van der Waals surface area contributed by atoms with Crippen molar-refractivity contribution in [1.29, 1.82) is 0 Å². The predicted molar refractivity (Wildman–Crippen MR) is 229 cm³/mol. The van der Waals surface area contributed by atoms with Crippen LogP contribution in [-0.4, -0.2) is 19.5 Å². The third-order valence-electron chi connectivity index (χ3n) is 10.6. The molecule has 11 rings (SSSR count). The van der Waals surface area contributed by atoms with Crippen molar-refractivity contribution in [3.8, 4) is 62.1 Å². The van der Waals surface area contributed by atoms with Crippen LogP contribution in [0.2, 0.25) is 0 Å². The van der Waals surface area contributed by atoms with Gasteiger partial charge in [-0.05, 0) is 59.2 Å². The third kappa shape index (κ3) is 5.29. The standard InChI is InChI=1S/C51H32N4O/c1-5-16-33(17-6-1)36-28-29-39-40-25-15-26-41(48(40)56-46(39)32-36)43-30-37(31-45-47(43)42-24-13-14-27-44(42)55(45)38-22-11-4-12-23-38)51-53-49(34-18-7-2-8-19-34)52-50(54-51)35-20-9-3-10-21-35/h1-32H. The van der Waals surface area contributed by atoms with Crippen LogP contribution in [0.25, 0.3) is 106 Å². The van der Waals surface area contributed by atoms with Crippen molar-refractivity contribution in [3.05, 3.63) is 194 Å². The van der Waals surface area contributed by atoms with Gasteiger partial charge in [0, 0.05) is 49.5 Å². The minimum absolute atomic E-state index is 0.593. The Morgan fingerprint density at radius 3 is 1.61 bits per heavy atom. The van der Waals surface area contributed by atoms with E-state index in [1.807, 2.05) is 66.7 Å². The van der Waals surface area contributed by atoms with Crippen molar-refractivity contribution in [1.82, 2.24) is 19.5 Å². The van der Waals surface area contributed by atoms with E-state index < -0.39 is 0 Å². The van der Waals surface area contributed by atoms with Gasteiger partial charge in [0.15, 0.2) is 17.5 Å². The molecule has 56 heavy (non-hydrogen) atoms. The van der Waals surface area contributed by atoms with Gasteiger partial charge in [0.05, 0.1) is 11.0 Å². The second-order valence-corrected chi connectivity index (χ2v) is 14.0. The minimum Gasteiger partial charge on any atom is -0.455 e. The molecule has 0 radical (unpaired) electrons. The second kappa shape index (κ2) is 13.0. The molecule has 5 nitrogen and oxygen atoms in total. The van der Waals surface area contributed by atoms with Gasteiger partial charge in [-0.1, -0.05) is 152 Å². The Bertz CT molecular complexity index is 3170. The predicted octanol–water partition coefficient (Wildman–Crippen LogP) is 13.2. The highest BCUT2D eigenvalue weighted by atomic mass is 16.3. The quantitative estimate of drug-likeness (QED) is 0.172. The van der Waals surface area contributed by atoms with Gasteiger partial charge in [-0.15, -0.1) is 0 Å². The van der Waals surface area contributed by atoms with Crippen LogP contribution in [0.4, 0.5) is 0 Å². The fourth-order valence-corrected chi connectivity index (χ4v) is 8.05. The van der Waals surface area contributed by atoms with Crippen LogP contribution in [0.3, 0.4) is 0 Å². The Kier molecular flexibility index (Phi) is 7.42. The highest BCUT2D eigenvalue weighted by Gasteiger charge is 2.23. The highest BCUT2D eigenvalue weighted by molar-refractivity contribution is 6.20. The zero-order chi connectivity index (χ0) is 37.0. The van der Waals surface area contributed by atoms with E-state index in [-0.39, 0.29) is 0 Å². The van der Waals surface area contributed by atoms with Crippen LogP contribution in [0.5, 0.6) is 0 Å². The fourth-order valence-electron chi connectivity index (χ4n) is 8.05. The van der Waals surface area contributed by atoms with Gasteiger partial charge in [-0.3, -0.25) is 0 Å². The molecule has 0 spiro atoms. The number of rotatable bonds is 6. The first-order valence-corrected chi connectivity index (χ1v) is 18.8. The molecule has 3 aromatic heterocycles. The molecule has 0 bridgehead atoms. The molecule has 0 saturated carbocycles. The van der Waals surface area contributed by atoms with Crippen LogP contribution in [-0.2, 0) is 0 Å². The number of benzene rings is 8. The zero-order valence-electron chi connectivity index (χ0n) is 30.2. The van der Waals surface area contributed by atoms with Crippen molar-refractivity contribution >= 4 is 43.7 Å². The largest absolute Gasteiger partial charge is 0.455 e. The van der Waals surface area contributed by atoms with Crippen molar-refractivity contribution in [2.24, 2.45) is 0 Å².